The zero-order valence-corrected chi connectivity index (χ0v) is 17.8. The Bertz CT molecular complexity index is 738. The Kier molecular flexibility index (Phi) is 9.11. The summed E-state index contributed by atoms with van der Waals surface area (Å²) in [6.07, 6.45) is 6.55. The number of benzene rings is 1. The van der Waals surface area contributed by atoms with Crippen LogP contribution in [0.5, 0.6) is 0 Å². The number of aryl methyl sites for hydroxylation is 2. The number of ketones is 1. The molecule has 1 saturated heterocycles. The number of nitrogens with one attached hydrogen (secondary N) is 1. The van der Waals surface area contributed by atoms with Crippen molar-refractivity contribution in [1.29, 1.82) is 0 Å². The van der Waals surface area contributed by atoms with Gasteiger partial charge < -0.3 is 16.0 Å². The number of halogens is 1. The van der Waals surface area contributed by atoms with Gasteiger partial charge in [0, 0.05) is 44.6 Å². The van der Waals surface area contributed by atoms with E-state index in [0.29, 0.717) is 31.7 Å². The first kappa shape index (κ1) is 23.4. The SMILES string of the molecule is Cl.NCCNC(=O)C1CCCN(C(=O)CCC(=O)c2ccc3c(c2)CCCC3)C1. The van der Waals surface area contributed by atoms with Crippen molar-refractivity contribution >= 4 is 30.0 Å². The molecule has 3 N–H and O–H groups in total. The van der Waals surface area contributed by atoms with Crippen molar-refractivity contribution in [3.63, 3.8) is 0 Å². The Morgan fingerprint density at radius 2 is 1.83 bits per heavy atom. The quantitative estimate of drug-likeness (QED) is 0.660. The molecule has 7 heteroatoms. The van der Waals surface area contributed by atoms with E-state index in [9.17, 15) is 14.4 Å². The molecule has 160 valence electrons. The van der Waals surface area contributed by atoms with Gasteiger partial charge in [-0.2, -0.15) is 0 Å². The first-order valence-corrected chi connectivity index (χ1v) is 10.5. The molecule has 0 radical (unpaired) electrons. The average molecular weight is 422 g/mol. The van der Waals surface area contributed by atoms with Crippen LogP contribution in [-0.4, -0.2) is 48.7 Å². The Morgan fingerprint density at radius 3 is 2.59 bits per heavy atom. The number of carbonyl (C=O) groups excluding carboxylic acids is 3. The lowest BCUT2D eigenvalue weighted by molar-refractivity contribution is -0.135. The number of piperidine rings is 1. The second kappa shape index (κ2) is 11.3. The second-order valence-electron chi connectivity index (χ2n) is 7.87. The minimum atomic E-state index is -0.180. The van der Waals surface area contributed by atoms with Gasteiger partial charge in [0.1, 0.15) is 0 Å². The molecule has 1 aliphatic heterocycles. The Labute approximate surface area is 179 Å². The molecule has 2 amide bonds. The van der Waals surface area contributed by atoms with Gasteiger partial charge in [-0.05, 0) is 55.7 Å². The molecule has 1 aliphatic carbocycles. The van der Waals surface area contributed by atoms with E-state index in [0.717, 1.165) is 25.7 Å². The highest BCUT2D eigenvalue weighted by Gasteiger charge is 2.28. The van der Waals surface area contributed by atoms with E-state index in [1.54, 1.807) is 4.90 Å². The fraction of sp³-hybridized carbons (Fsp3) is 0.591. The molecule has 2 aliphatic rings. The van der Waals surface area contributed by atoms with Crippen LogP contribution in [-0.2, 0) is 22.4 Å². The summed E-state index contributed by atoms with van der Waals surface area (Å²) in [7, 11) is 0. The van der Waals surface area contributed by atoms with Gasteiger partial charge in [0.25, 0.3) is 0 Å². The molecule has 0 saturated carbocycles. The maximum absolute atomic E-state index is 12.6. The number of hydrogen-bond acceptors (Lipinski definition) is 4. The van der Waals surface area contributed by atoms with Crippen LogP contribution in [0.15, 0.2) is 18.2 Å². The van der Waals surface area contributed by atoms with Crippen molar-refractivity contribution in [3.05, 3.63) is 34.9 Å². The van der Waals surface area contributed by atoms with E-state index in [1.165, 1.54) is 24.0 Å². The molecule has 29 heavy (non-hydrogen) atoms. The van der Waals surface area contributed by atoms with Gasteiger partial charge in [0.15, 0.2) is 5.78 Å². The van der Waals surface area contributed by atoms with Gasteiger partial charge in [0.2, 0.25) is 11.8 Å². The fourth-order valence-electron chi connectivity index (χ4n) is 4.19. The zero-order chi connectivity index (χ0) is 19.9. The standard InChI is InChI=1S/C22H31N3O3.ClH/c23-11-12-24-22(28)19-6-3-13-25(15-19)21(27)10-9-20(26)18-8-7-16-4-1-2-5-17(16)14-18;/h7-8,14,19H,1-6,9-13,15,23H2,(H,24,28);1H. The number of amides is 2. The largest absolute Gasteiger partial charge is 0.355 e. The van der Waals surface area contributed by atoms with E-state index < -0.39 is 0 Å². The van der Waals surface area contributed by atoms with Crippen molar-refractivity contribution in [2.75, 3.05) is 26.2 Å². The van der Waals surface area contributed by atoms with Crippen molar-refractivity contribution in [2.45, 2.75) is 51.4 Å². The highest BCUT2D eigenvalue weighted by Crippen LogP contribution is 2.23. The van der Waals surface area contributed by atoms with Gasteiger partial charge >= 0.3 is 0 Å². The maximum Gasteiger partial charge on any atom is 0.224 e. The molecule has 1 fully saturated rings. The molecule has 1 aromatic rings. The topological polar surface area (TPSA) is 92.5 Å². The third kappa shape index (κ3) is 6.28. The molecule has 1 unspecified atom stereocenters. The van der Waals surface area contributed by atoms with Gasteiger partial charge in [0.05, 0.1) is 5.92 Å². The third-order valence-corrected chi connectivity index (χ3v) is 5.82. The molecule has 0 spiro atoms. The summed E-state index contributed by atoms with van der Waals surface area (Å²) in [6.45, 7) is 1.96. The number of nitrogens with two attached hydrogens (primary N) is 1. The van der Waals surface area contributed by atoms with Crippen LogP contribution in [0.3, 0.4) is 0 Å². The number of carbonyl (C=O) groups is 3. The lowest BCUT2D eigenvalue weighted by Gasteiger charge is -2.32. The monoisotopic (exact) mass is 421 g/mol. The third-order valence-electron chi connectivity index (χ3n) is 5.82. The Morgan fingerprint density at radius 1 is 1.07 bits per heavy atom. The van der Waals surface area contributed by atoms with Crippen LogP contribution in [0, 0.1) is 5.92 Å². The van der Waals surface area contributed by atoms with Crippen molar-refractivity contribution < 1.29 is 14.4 Å². The van der Waals surface area contributed by atoms with Crippen molar-refractivity contribution in [3.8, 4) is 0 Å². The van der Waals surface area contributed by atoms with Crippen LogP contribution in [0.4, 0.5) is 0 Å². The smallest absolute Gasteiger partial charge is 0.224 e. The summed E-state index contributed by atoms with van der Waals surface area (Å²) in [5.74, 6) is -0.229. The average Bonchev–Trinajstić information content (AvgIpc) is 2.75. The Hall–Kier alpha value is -1.92. The summed E-state index contributed by atoms with van der Waals surface area (Å²) < 4.78 is 0. The van der Waals surface area contributed by atoms with Crippen LogP contribution >= 0.6 is 12.4 Å². The molecular weight excluding hydrogens is 390 g/mol. The normalized spacial score (nSPS) is 18.4. The lowest BCUT2D eigenvalue weighted by atomic mass is 9.89. The summed E-state index contributed by atoms with van der Waals surface area (Å²) >= 11 is 0. The van der Waals surface area contributed by atoms with Crippen molar-refractivity contribution in [1.82, 2.24) is 10.2 Å². The highest BCUT2D eigenvalue weighted by molar-refractivity contribution is 5.98. The molecule has 0 aromatic heterocycles. The molecule has 3 rings (SSSR count). The number of likely N-dealkylation sites (tertiary alicyclic amines) is 1. The molecule has 6 nitrogen and oxygen atoms in total. The fourth-order valence-corrected chi connectivity index (χ4v) is 4.19. The molecular formula is C22H32ClN3O3. The van der Waals surface area contributed by atoms with Gasteiger partial charge in [-0.25, -0.2) is 0 Å². The summed E-state index contributed by atoms with van der Waals surface area (Å²) in [5.41, 5.74) is 8.77. The summed E-state index contributed by atoms with van der Waals surface area (Å²) in [6, 6.07) is 5.98. The summed E-state index contributed by atoms with van der Waals surface area (Å²) in [5, 5.41) is 2.80. The van der Waals surface area contributed by atoms with E-state index in [2.05, 4.69) is 11.4 Å². The van der Waals surface area contributed by atoms with Crippen LogP contribution < -0.4 is 11.1 Å². The van der Waals surface area contributed by atoms with E-state index in [4.69, 9.17) is 5.73 Å². The summed E-state index contributed by atoms with van der Waals surface area (Å²) in [4.78, 5) is 39.0. The van der Waals surface area contributed by atoms with Crippen LogP contribution in [0.2, 0.25) is 0 Å². The second-order valence-corrected chi connectivity index (χ2v) is 7.87. The first-order chi connectivity index (χ1) is 13.6. The zero-order valence-electron chi connectivity index (χ0n) is 17.0. The van der Waals surface area contributed by atoms with Crippen LogP contribution in [0.1, 0.15) is 60.0 Å². The molecule has 0 bridgehead atoms. The molecule has 1 heterocycles. The first-order valence-electron chi connectivity index (χ1n) is 10.5. The number of nitrogens with zero attached hydrogens (tertiary/aromatic N) is 1. The number of hydrogen-bond donors (Lipinski definition) is 2. The lowest BCUT2D eigenvalue weighted by Crippen LogP contribution is -2.46. The molecule has 1 aromatic carbocycles. The number of Topliss-reactive ketones (excluding diaryl/α,β-unsaturated/α-hetero) is 1. The maximum atomic E-state index is 12.6. The predicted molar refractivity (Wildman–Crippen MR) is 115 cm³/mol. The molecule has 1 atom stereocenters. The van der Waals surface area contributed by atoms with Gasteiger partial charge in [-0.15, -0.1) is 12.4 Å². The minimum absolute atomic E-state index is 0. The van der Waals surface area contributed by atoms with E-state index >= 15 is 0 Å². The Balaban J connectivity index is 0.00000300. The van der Waals surface area contributed by atoms with E-state index in [1.807, 2.05) is 12.1 Å². The van der Waals surface area contributed by atoms with E-state index in [-0.39, 0.29) is 48.8 Å². The predicted octanol–water partition coefficient (Wildman–Crippen LogP) is 2.26. The highest BCUT2D eigenvalue weighted by atomic mass is 35.5. The van der Waals surface area contributed by atoms with Crippen LogP contribution in [0.25, 0.3) is 0 Å². The number of fused-ring (bicyclic) bond motifs is 1. The van der Waals surface area contributed by atoms with Gasteiger partial charge in [-0.1, -0.05) is 12.1 Å². The minimum Gasteiger partial charge on any atom is -0.355 e. The van der Waals surface area contributed by atoms with Gasteiger partial charge in [-0.3, -0.25) is 14.4 Å². The van der Waals surface area contributed by atoms with Crippen molar-refractivity contribution in [2.24, 2.45) is 11.7 Å². The number of rotatable bonds is 7.